The van der Waals surface area contributed by atoms with Crippen LogP contribution in [0.25, 0.3) is 0 Å². The molecule has 0 radical (unpaired) electrons. The molecule has 0 bridgehead atoms. The van der Waals surface area contributed by atoms with Gasteiger partial charge in [0.1, 0.15) is 0 Å². The molecule has 1 aliphatic carbocycles. The molecule has 2 heterocycles. The summed E-state index contributed by atoms with van der Waals surface area (Å²) < 4.78 is 67.0. The van der Waals surface area contributed by atoms with Crippen molar-refractivity contribution in [2.75, 3.05) is 19.6 Å². The molecule has 1 aromatic rings. The molecule has 2 atom stereocenters. The summed E-state index contributed by atoms with van der Waals surface area (Å²) in [5.74, 6) is 0.417. The lowest BCUT2D eigenvalue weighted by Gasteiger charge is -2.46. The fourth-order valence-electron chi connectivity index (χ4n) is 5.54. The summed E-state index contributed by atoms with van der Waals surface area (Å²) in [7, 11) is -4.28. The summed E-state index contributed by atoms with van der Waals surface area (Å²) in [6, 6.07) is 4.58. The second kappa shape index (κ2) is 8.73. The Bertz CT molecular complexity index is 909. The quantitative estimate of drug-likeness (QED) is 0.679. The first-order chi connectivity index (χ1) is 14.7. The summed E-state index contributed by atoms with van der Waals surface area (Å²) in [6.45, 7) is 0.886. The maximum absolute atomic E-state index is 13.3. The second-order valence-electron chi connectivity index (χ2n) is 8.96. The number of amides is 1. The molecular weight excluding hydrogens is 429 g/mol. The Morgan fingerprint density at radius 1 is 0.903 bits per heavy atom. The summed E-state index contributed by atoms with van der Waals surface area (Å²) in [6.07, 6.45) is 2.70. The molecule has 9 heteroatoms. The van der Waals surface area contributed by atoms with Crippen molar-refractivity contribution >= 4 is 15.9 Å². The van der Waals surface area contributed by atoms with E-state index in [0.717, 1.165) is 42.2 Å². The largest absolute Gasteiger partial charge is 0.417 e. The lowest BCUT2D eigenvalue weighted by molar-refractivity contribution is -0.143. The Kier molecular flexibility index (Phi) is 6.36. The number of fused-ring (bicyclic) bond motifs is 1. The van der Waals surface area contributed by atoms with Crippen LogP contribution >= 0.6 is 0 Å². The molecule has 0 spiro atoms. The number of benzene rings is 1. The van der Waals surface area contributed by atoms with E-state index in [1.54, 1.807) is 0 Å². The van der Waals surface area contributed by atoms with E-state index in [2.05, 4.69) is 0 Å². The SMILES string of the molecule is O=C(C1CCN(S(=O)(=O)c2ccccc2C(F)(F)F)CC1)N1CCC[C@@H]2CCCC[C@@H]21. The molecule has 172 valence electrons. The van der Waals surface area contributed by atoms with E-state index in [0.29, 0.717) is 24.8 Å². The van der Waals surface area contributed by atoms with E-state index in [1.165, 1.54) is 31.4 Å². The molecule has 0 aromatic heterocycles. The number of halogens is 3. The zero-order chi connectivity index (χ0) is 22.2. The Balaban J connectivity index is 1.45. The molecule has 2 saturated heterocycles. The molecule has 3 fully saturated rings. The number of likely N-dealkylation sites (tertiary alicyclic amines) is 1. The average Bonchev–Trinajstić information content (AvgIpc) is 2.78. The third kappa shape index (κ3) is 4.49. The highest BCUT2D eigenvalue weighted by Gasteiger charge is 2.42. The van der Waals surface area contributed by atoms with Gasteiger partial charge in [0.15, 0.2) is 0 Å². The molecule has 2 aliphatic heterocycles. The second-order valence-corrected chi connectivity index (χ2v) is 10.9. The van der Waals surface area contributed by atoms with Gasteiger partial charge in [-0.1, -0.05) is 25.0 Å². The van der Waals surface area contributed by atoms with Crippen LogP contribution in [0.4, 0.5) is 13.2 Å². The number of alkyl halides is 3. The number of carbonyl (C=O) groups is 1. The van der Waals surface area contributed by atoms with E-state index in [9.17, 15) is 26.4 Å². The maximum Gasteiger partial charge on any atom is 0.417 e. The molecule has 4 rings (SSSR count). The maximum atomic E-state index is 13.3. The molecule has 0 unspecified atom stereocenters. The molecule has 1 saturated carbocycles. The predicted octanol–water partition coefficient (Wildman–Crippen LogP) is 4.29. The van der Waals surface area contributed by atoms with Crippen molar-refractivity contribution in [3.63, 3.8) is 0 Å². The molecule has 0 N–H and O–H groups in total. The Labute approximate surface area is 181 Å². The van der Waals surface area contributed by atoms with Crippen LogP contribution < -0.4 is 0 Å². The molecular formula is C22H29F3N2O3S. The highest BCUT2D eigenvalue weighted by molar-refractivity contribution is 7.89. The van der Waals surface area contributed by atoms with Gasteiger partial charge in [0, 0.05) is 31.6 Å². The predicted molar refractivity (Wildman–Crippen MR) is 110 cm³/mol. The summed E-state index contributed by atoms with van der Waals surface area (Å²) in [5.41, 5.74) is -1.15. The first-order valence-electron chi connectivity index (χ1n) is 11.2. The van der Waals surface area contributed by atoms with Gasteiger partial charge in [0.25, 0.3) is 0 Å². The number of rotatable bonds is 3. The van der Waals surface area contributed by atoms with E-state index in [4.69, 9.17) is 0 Å². The molecule has 31 heavy (non-hydrogen) atoms. The Hall–Kier alpha value is -1.61. The topological polar surface area (TPSA) is 57.7 Å². The third-order valence-corrected chi connectivity index (χ3v) is 9.10. The zero-order valence-corrected chi connectivity index (χ0v) is 18.3. The van der Waals surface area contributed by atoms with Crippen LogP contribution in [0, 0.1) is 11.8 Å². The van der Waals surface area contributed by atoms with E-state index >= 15 is 0 Å². The van der Waals surface area contributed by atoms with Crippen LogP contribution in [-0.4, -0.2) is 49.2 Å². The fraction of sp³-hybridized carbons (Fsp3) is 0.682. The van der Waals surface area contributed by atoms with Crippen molar-refractivity contribution in [1.29, 1.82) is 0 Å². The number of hydrogen-bond acceptors (Lipinski definition) is 3. The van der Waals surface area contributed by atoms with Crippen molar-refractivity contribution in [2.45, 2.75) is 68.5 Å². The number of piperidine rings is 2. The zero-order valence-electron chi connectivity index (χ0n) is 17.5. The smallest absolute Gasteiger partial charge is 0.339 e. The van der Waals surface area contributed by atoms with Crippen LogP contribution in [0.2, 0.25) is 0 Å². The number of sulfonamides is 1. The van der Waals surface area contributed by atoms with Crippen molar-refractivity contribution in [3.8, 4) is 0 Å². The van der Waals surface area contributed by atoms with Crippen molar-refractivity contribution < 1.29 is 26.4 Å². The molecule has 5 nitrogen and oxygen atoms in total. The number of hydrogen-bond donors (Lipinski definition) is 0. The highest BCUT2D eigenvalue weighted by Crippen LogP contribution is 2.38. The Morgan fingerprint density at radius 3 is 2.26 bits per heavy atom. The van der Waals surface area contributed by atoms with Gasteiger partial charge in [-0.25, -0.2) is 8.42 Å². The first-order valence-corrected chi connectivity index (χ1v) is 12.6. The van der Waals surface area contributed by atoms with Gasteiger partial charge < -0.3 is 4.90 Å². The fourth-order valence-corrected chi connectivity index (χ4v) is 7.22. The molecule has 1 amide bonds. The summed E-state index contributed by atoms with van der Waals surface area (Å²) in [5, 5.41) is 0. The van der Waals surface area contributed by atoms with Crippen molar-refractivity contribution in [3.05, 3.63) is 29.8 Å². The monoisotopic (exact) mass is 458 g/mol. The van der Waals surface area contributed by atoms with Gasteiger partial charge in [-0.2, -0.15) is 17.5 Å². The standard InChI is InChI=1S/C22H29F3N2O3S/c23-22(24,25)18-8-2-4-10-20(18)31(29,30)26-14-11-17(12-15-26)21(28)27-13-5-7-16-6-1-3-9-19(16)27/h2,4,8,10,16-17,19H,1,3,5-7,9,11-15H2/t16-,19-/m0/s1. The number of nitrogens with zero attached hydrogens (tertiary/aromatic N) is 2. The molecule has 3 aliphatic rings. The van der Waals surface area contributed by atoms with Gasteiger partial charge in [-0.05, 0) is 56.6 Å². The van der Waals surface area contributed by atoms with Crippen LogP contribution in [0.3, 0.4) is 0 Å². The Morgan fingerprint density at radius 2 is 1.55 bits per heavy atom. The molecule has 1 aromatic carbocycles. The summed E-state index contributed by atoms with van der Waals surface area (Å²) >= 11 is 0. The van der Waals surface area contributed by atoms with Gasteiger partial charge in [-0.3, -0.25) is 4.79 Å². The lowest BCUT2D eigenvalue weighted by Crippen LogP contribution is -2.53. The van der Waals surface area contributed by atoms with Gasteiger partial charge >= 0.3 is 6.18 Å². The number of carbonyl (C=O) groups excluding carboxylic acids is 1. The summed E-state index contributed by atoms with van der Waals surface area (Å²) in [4.78, 5) is 14.5. The minimum atomic E-state index is -4.75. The first kappa shape index (κ1) is 22.6. The minimum absolute atomic E-state index is 0.0624. The normalized spacial score (nSPS) is 26.5. The average molecular weight is 459 g/mol. The van der Waals surface area contributed by atoms with Gasteiger partial charge in [0.2, 0.25) is 15.9 Å². The van der Waals surface area contributed by atoms with Gasteiger partial charge in [-0.15, -0.1) is 0 Å². The third-order valence-electron chi connectivity index (χ3n) is 7.14. The van der Waals surface area contributed by atoms with Crippen LogP contribution in [0.5, 0.6) is 0 Å². The van der Waals surface area contributed by atoms with Gasteiger partial charge in [0.05, 0.1) is 10.5 Å². The van der Waals surface area contributed by atoms with Crippen LogP contribution in [0.1, 0.15) is 56.9 Å². The lowest BCUT2D eigenvalue weighted by atomic mass is 9.77. The van der Waals surface area contributed by atoms with E-state index in [1.807, 2.05) is 4.90 Å². The highest BCUT2D eigenvalue weighted by atomic mass is 32.2. The van der Waals surface area contributed by atoms with Crippen LogP contribution in [0.15, 0.2) is 29.2 Å². The van der Waals surface area contributed by atoms with E-state index < -0.39 is 26.7 Å². The van der Waals surface area contributed by atoms with E-state index in [-0.39, 0.29) is 24.9 Å². The van der Waals surface area contributed by atoms with Crippen molar-refractivity contribution in [1.82, 2.24) is 9.21 Å². The van der Waals surface area contributed by atoms with Crippen molar-refractivity contribution in [2.24, 2.45) is 11.8 Å². The minimum Gasteiger partial charge on any atom is -0.339 e. The van der Waals surface area contributed by atoms with Crippen LogP contribution in [-0.2, 0) is 21.0 Å².